The molecule has 1 aliphatic heterocycles. The molecule has 5 heteroatoms. The molecule has 1 aromatic heterocycles. The number of nitrogens with zero attached hydrogens (tertiary/aromatic N) is 3. The summed E-state index contributed by atoms with van der Waals surface area (Å²) >= 11 is 0. The van der Waals surface area contributed by atoms with Gasteiger partial charge in [-0.15, -0.1) is 0 Å². The van der Waals surface area contributed by atoms with E-state index >= 15 is 0 Å². The maximum absolute atomic E-state index is 9.08. The Morgan fingerprint density at radius 1 is 1.33 bits per heavy atom. The number of hydrogen-bond donors (Lipinski definition) is 2. The fraction of sp³-hybridized carbons (Fsp3) is 0.625. The van der Waals surface area contributed by atoms with Gasteiger partial charge in [0.1, 0.15) is 5.82 Å². The van der Waals surface area contributed by atoms with Crippen LogP contribution in [0.2, 0.25) is 0 Å². The van der Waals surface area contributed by atoms with Crippen molar-refractivity contribution in [2.75, 3.05) is 11.4 Å². The molecule has 0 aromatic carbocycles. The zero-order valence-electron chi connectivity index (χ0n) is 12.6. The molecule has 114 valence electrons. The SMILES string of the molecule is Cc1ccnc(N2CCCC3CCCCC32)c1/C(N)=N/O. The fourth-order valence-corrected chi connectivity index (χ4v) is 4.02. The fourth-order valence-electron chi connectivity index (χ4n) is 4.02. The van der Waals surface area contributed by atoms with Crippen molar-refractivity contribution in [1.29, 1.82) is 0 Å². The number of hydrogen-bond acceptors (Lipinski definition) is 4. The molecule has 2 fully saturated rings. The summed E-state index contributed by atoms with van der Waals surface area (Å²) in [6, 6.07) is 2.48. The molecule has 1 saturated carbocycles. The Kier molecular flexibility index (Phi) is 3.99. The Labute approximate surface area is 125 Å². The minimum atomic E-state index is 0.161. The van der Waals surface area contributed by atoms with Crippen LogP contribution >= 0.6 is 0 Å². The van der Waals surface area contributed by atoms with Gasteiger partial charge < -0.3 is 15.8 Å². The van der Waals surface area contributed by atoms with Gasteiger partial charge in [-0.05, 0) is 50.2 Å². The average molecular weight is 288 g/mol. The van der Waals surface area contributed by atoms with E-state index in [0.717, 1.165) is 29.4 Å². The topological polar surface area (TPSA) is 74.7 Å². The van der Waals surface area contributed by atoms with Gasteiger partial charge in [-0.3, -0.25) is 0 Å². The third kappa shape index (κ3) is 2.57. The maximum atomic E-state index is 9.08. The van der Waals surface area contributed by atoms with E-state index in [9.17, 15) is 0 Å². The van der Waals surface area contributed by atoms with E-state index in [1.807, 2.05) is 19.2 Å². The molecular weight excluding hydrogens is 264 g/mol. The highest BCUT2D eigenvalue weighted by Gasteiger charge is 2.35. The van der Waals surface area contributed by atoms with Crippen LogP contribution in [0.15, 0.2) is 17.4 Å². The van der Waals surface area contributed by atoms with Crippen LogP contribution in [-0.2, 0) is 0 Å². The monoisotopic (exact) mass is 288 g/mol. The second-order valence-corrected chi connectivity index (χ2v) is 6.26. The van der Waals surface area contributed by atoms with E-state index < -0.39 is 0 Å². The number of fused-ring (bicyclic) bond motifs is 1. The number of piperidine rings is 1. The molecule has 2 atom stereocenters. The van der Waals surface area contributed by atoms with Gasteiger partial charge in [0.05, 0.1) is 5.56 Å². The number of aromatic nitrogens is 1. The third-order valence-electron chi connectivity index (χ3n) is 5.02. The zero-order valence-corrected chi connectivity index (χ0v) is 12.6. The number of nitrogens with two attached hydrogens (primary N) is 1. The Morgan fingerprint density at radius 2 is 2.10 bits per heavy atom. The van der Waals surface area contributed by atoms with E-state index in [2.05, 4.69) is 15.0 Å². The normalized spacial score (nSPS) is 26.5. The summed E-state index contributed by atoms with van der Waals surface area (Å²) in [6.45, 7) is 3.00. The van der Waals surface area contributed by atoms with Gasteiger partial charge in [0.25, 0.3) is 0 Å². The van der Waals surface area contributed by atoms with Crippen LogP contribution in [-0.4, -0.2) is 28.6 Å². The van der Waals surface area contributed by atoms with Crippen LogP contribution in [0.5, 0.6) is 0 Å². The van der Waals surface area contributed by atoms with Crippen LogP contribution in [0.25, 0.3) is 0 Å². The number of aryl methyl sites for hydroxylation is 1. The van der Waals surface area contributed by atoms with Gasteiger partial charge >= 0.3 is 0 Å². The van der Waals surface area contributed by atoms with Crippen LogP contribution in [0.3, 0.4) is 0 Å². The van der Waals surface area contributed by atoms with Crippen molar-refractivity contribution in [3.63, 3.8) is 0 Å². The number of pyridine rings is 1. The number of oxime groups is 1. The zero-order chi connectivity index (χ0) is 14.8. The lowest BCUT2D eigenvalue weighted by molar-refractivity contribution is 0.242. The van der Waals surface area contributed by atoms with Crippen LogP contribution in [0.1, 0.15) is 49.7 Å². The van der Waals surface area contributed by atoms with Crippen LogP contribution in [0, 0.1) is 12.8 Å². The first kappa shape index (κ1) is 14.2. The van der Waals surface area contributed by atoms with E-state index in [0.29, 0.717) is 6.04 Å². The molecule has 2 aliphatic rings. The summed E-state index contributed by atoms with van der Waals surface area (Å²) in [7, 11) is 0. The van der Waals surface area contributed by atoms with Gasteiger partial charge in [0, 0.05) is 18.8 Å². The van der Waals surface area contributed by atoms with Crippen molar-refractivity contribution < 1.29 is 5.21 Å². The Morgan fingerprint density at radius 3 is 2.90 bits per heavy atom. The Balaban J connectivity index is 2.01. The highest BCUT2D eigenvalue weighted by Crippen LogP contribution is 2.38. The van der Waals surface area contributed by atoms with Gasteiger partial charge in [-0.2, -0.15) is 0 Å². The van der Waals surface area contributed by atoms with E-state index in [1.54, 1.807) is 0 Å². The lowest BCUT2D eigenvalue weighted by Gasteiger charge is -2.45. The largest absolute Gasteiger partial charge is 0.409 e. The predicted octanol–water partition coefficient (Wildman–Crippen LogP) is 2.64. The molecule has 3 N–H and O–H groups in total. The summed E-state index contributed by atoms with van der Waals surface area (Å²) in [5.74, 6) is 1.82. The summed E-state index contributed by atoms with van der Waals surface area (Å²) < 4.78 is 0. The highest BCUT2D eigenvalue weighted by atomic mass is 16.4. The molecule has 0 bridgehead atoms. The lowest BCUT2D eigenvalue weighted by atomic mass is 9.78. The molecule has 0 spiro atoms. The third-order valence-corrected chi connectivity index (χ3v) is 5.02. The average Bonchev–Trinajstić information content (AvgIpc) is 2.53. The number of anilines is 1. The molecule has 1 aliphatic carbocycles. The molecule has 5 nitrogen and oxygen atoms in total. The summed E-state index contributed by atoms with van der Waals surface area (Å²) in [5, 5.41) is 12.3. The van der Waals surface area contributed by atoms with Crippen molar-refractivity contribution in [2.24, 2.45) is 16.8 Å². The Bertz CT molecular complexity index is 541. The number of amidine groups is 1. The number of rotatable bonds is 2. The van der Waals surface area contributed by atoms with Crippen LogP contribution < -0.4 is 10.6 Å². The molecule has 2 unspecified atom stereocenters. The molecule has 3 rings (SSSR count). The molecular formula is C16H24N4O. The van der Waals surface area contributed by atoms with Crippen molar-refractivity contribution in [3.8, 4) is 0 Å². The van der Waals surface area contributed by atoms with Gasteiger partial charge in [0.2, 0.25) is 0 Å². The molecule has 0 amide bonds. The first-order valence-corrected chi connectivity index (χ1v) is 7.92. The first-order valence-electron chi connectivity index (χ1n) is 7.92. The Hall–Kier alpha value is -1.78. The highest BCUT2D eigenvalue weighted by molar-refractivity contribution is 6.02. The van der Waals surface area contributed by atoms with Crippen molar-refractivity contribution >= 4 is 11.7 Å². The van der Waals surface area contributed by atoms with E-state index in [-0.39, 0.29) is 5.84 Å². The summed E-state index contributed by atoms with van der Waals surface area (Å²) in [4.78, 5) is 6.99. The minimum Gasteiger partial charge on any atom is -0.409 e. The quantitative estimate of drug-likeness (QED) is 0.380. The van der Waals surface area contributed by atoms with E-state index in [1.165, 1.54) is 38.5 Å². The first-order chi connectivity index (χ1) is 10.2. The summed E-state index contributed by atoms with van der Waals surface area (Å²) in [5.41, 5.74) is 7.70. The molecule has 0 radical (unpaired) electrons. The van der Waals surface area contributed by atoms with Crippen molar-refractivity contribution in [1.82, 2.24) is 4.98 Å². The molecule has 2 heterocycles. The predicted molar refractivity (Wildman–Crippen MR) is 83.8 cm³/mol. The van der Waals surface area contributed by atoms with Crippen LogP contribution in [0.4, 0.5) is 5.82 Å². The molecule has 1 saturated heterocycles. The van der Waals surface area contributed by atoms with Crippen molar-refractivity contribution in [3.05, 3.63) is 23.4 Å². The standard InChI is InChI=1S/C16H24N4O/c1-11-8-9-18-16(14(11)15(17)19-21)20-10-4-6-12-5-2-3-7-13(12)20/h8-9,12-13,21H,2-7,10H2,1H3,(H2,17,19). The second kappa shape index (κ2) is 5.92. The minimum absolute atomic E-state index is 0.161. The van der Waals surface area contributed by atoms with Gasteiger partial charge in [-0.25, -0.2) is 4.98 Å². The van der Waals surface area contributed by atoms with E-state index in [4.69, 9.17) is 10.9 Å². The van der Waals surface area contributed by atoms with Crippen molar-refractivity contribution in [2.45, 2.75) is 51.5 Å². The van der Waals surface area contributed by atoms with Gasteiger partial charge in [0.15, 0.2) is 5.84 Å². The molecule has 1 aromatic rings. The maximum Gasteiger partial charge on any atom is 0.174 e. The molecule has 21 heavy (non-hydrogen) atoms. The second-order valence-electron chi connectivity index (χ2n) is 6.26. The van der Waals surface area contributed by atoms with Gasteiger partial charge in [-0.1, -0.05) is 18.0 Å². The lowest BCUT2D eigenvalue weighted by Crippen LogP contribution is -2.48. The summed E-state index contributed by atoms with van der Waals surface area (Å²) in [6.07, 6.45) is 9.55. The smallest absolute Gasteiger partial charge is 0.174 e.